The topological polar surface area (TPSA) is 37.8 Å². The lowest BCUT2D eigenvalue weighted by Crippen LogP contribution is -2.04. The highest BCUT2D eigenvalue weighted by Gasteiger charge is 2.09. The van der Waals surface area contributed by atoms with Crippen LogP contribution in [0.25, 0.3) is 11.3 Å². The van der Waals surface area contributed by atoms with Gasteiger partial charge < -0.3 is 5.32 Å². The molecule has 0 saturated carbocycles. The Bertz CT molecular complexity index is 546. The van der Waals surface area contributed by atoms with E-state index in [-0.39, 0.29) is 5.02 Å². The number of hydrogen-bond acceptors (Lipinski definition) is 3. The van der Waals surface area contributed by atoms with Crippen molar-refractivity contribution in [2.75, 3.05) is 11.9 Å². The normalized spacial score (nSPS) is 10.4. The number of halogens is 2. The first-order valence-corrected chi connectivity index (χ1v) is 6.10. The molecule has 5 heteroatoms. The van der Waals surface area contributed by atoms with Gasteiger partial charge in [-0.05, 0) is 18.6 Å². The second-order valence-corrected chi connectivity index (χ2v) is 4.22. The van der Waals surface area contributed by atoms with Gasteiger partial charge in [-0.1, -0.05) is 24.6 Å². The van der Waals surface area contributed by atoms with Gasteiger partial charge >= 0.3 is 0 Å². The van der Waals surface area contributed by atoms with Crippen LogP contribution in [0.3, 0.4) is 0 Å². The van der Waals surface area contributed by atoms with Crippen LogP contribution in [0.2, 0.25) is 5.02 Å². The number of rotatable bonds is 4. The molecule has 3 nitrogen and oxygen atoms in total. The Hall–Kier alpha value is -1.68. The molecule has 0 radical (unpaired) electrons. The van der Waals surface area contributed by atoms with Crippen molar-refractivity contribution < 1.29 is 4.39 Å². The highest BCUT2D eigenvalue weighted by molar-refractivity contribution is 6.30. The second kappa shape index (κ2) is 5.78. The molecule has 0 aliphatic heterocycles. The molecule has 1 heterocycles. The van der Waals surface area contributed by atoms with Crippen LogP contribution in [0.15, 0.2) is 30.6 Å². The van der Waals surface area contributed by atoms with Gasteiger partial charge in [0.05, 0.1) is 5.02 Å². The highest BCUT2D eigenvalue weighted by atomic mass is 35.5. The summed E-state index contributed by atoms with van der Waals surface area (Å²) in [5.74, 6) is 0.197. The van der Waals surface area contributed by atoms with Crippen LogP contribution in [0.1, 0.15) is 13.3 Å². The van der Waals surface area contributed by atoms with Gasteiger partial charge in [-0.2, -0.15) is 0 Å². The summed E-state index contributed by atoms with van der Waals surface area (Å²) in [4.78, 5) is 8.45. The Morgan fingerprint density at radius 1 is 1.28 bits per heavy atom. The quantitative estimate of drug-likeness (QED) is 0.915. The Labute approximate surface area is 110 Å². The predicted octanol–water partition coefficient (Wildman–Crippen LogP) is 3.76. The van der Waals surface area contributed by atoms with Gasteiger partial charge in [-0.15, -0.1) is 0 Å². The minimum absolute atomic E-state index is 0.103. The molecule has 94 valence electrons. The number of nitrogens with one attached hydrogen (secondary N) is 1. The monoisotopic (exact) mass is 265 g/mol. The molecule has 0 fully saturated rings. The van der Waals surface area contributed by atoms with Crippen molar-refractivity contribution in [2.45, 2.75) is 13.3 Å². The van der Waals surface area contributed by atoms with Gasteiger partial charge in [-0.25, -0.2) is 9.37 Å². The molecule has 18 heavy (non-hydrogen) atoms. The average molecular weight is 266 g/mol. The van der Waals surface area contributed by atoms with E-state index in [0.717, 1.165) is 13.0 Å². The van der Waals surface area contributed by atoms with Crippen molar-refractivity contribution in [1.82, 2.24) is 9.97 Å². The van der Waals surface area contributed by atoms with Crippen LogP contribution >= 0.6 is 11.6 Å². The van der Waals surface area contributed by atoms with E-state index in [1.54, 1.807) is 18.5 Å². The molecule has 0 bridgehead atoms. The number of benzene rings is 1. The zero-order valence-corrected chi connectivity index (χ0v) is 10.7. The lowest BCUT2D eigenvalue weighted by atomic mass is 10.1. The van der Waals surface area contributed by atoms with Crippen molar-refractivity contribution in [3.63, 3.8) is 0 Å². The minimum atomic E-state index is -0.457. The highest BCUT2D eigenvalue weighted by Crippen LogP contribution is 2.26. The third-order valence-electron chi connectivity index (χ3n) is 2.43. The summed E-state index contributed by atoms with van der Waals surface area (Å²) in [5.41, 5.74) is 1.28. The number of anilines is 1. The van der Waals surface area contributed by atoms with Crippen molar-refractivity contribution >= 4 is 17.4 Å². The van der Waals surface area contributed by atoms with E-state index < -0.39 is 5.82 Å². The molecule has 0 saturated heterocycles. The van der Waals surface area contributed by atoms with E-state index in [2.05, 4.69) is 22.2 Å². The van der Waals surface area contributed by atoms with Crippen LogP contribution in [0, 0.1) is 5.82 Å². The lowest BCUT2D eigenvalue weighted by molar-refractivity contribution is 0.628. The molecule has 1 aromatic heterocycles. The molecule has 1 N–H and O–H groups in total. The zero-order valence-electron chi connectivity index (χ0n) is 9.95. The van der Waals surface area contributed by atoms with Crippen LogP contribution in [-0.4, -0.2) is 16.5 Å². The summed E-state index contributed by atoms with van der Waals surface area (Å²) in [6, 6.07) is 4.61. The van der Waals surface area contributed by atoms with E-state index in [4.69, 9.17) is 11.6 Å². The van der Waals surface area contributed by atoms with Gasteiger partial charge in [0.25, 0.3) is 0 Å². The Morgan fingerprint density at radius 2 is 2.06 bits per heavy atom. The molecule has 2 aromatic rings. The molecule has 2 rings (SSSR count). The predicted molar refractivity (Wildman–Crippen MR) is 71.2 cm³/mol. The van der Waals surface area contributed by atoms with E-state index in [1.807, 2.05) is 0 Å². The van der Waals surface area contributed by atoms with Crippen molar-refractivity contribution in [3.05, 3.63) is 41.4 Å². The fourth-order valence-electron chi connectivity index (χ4n) is 1.57. The summed E-state index contributed by atoms with van der Waals surface area (Å²) in [6.07, 6.45) is 4.16. The Morgan fingerprint density at radius 3 is 2.78 bits per heavy atom. The fraction of sp³-hybridized carbons (Fsp3) is 0.231. The molecule has 0 aliphatic carbocycles. The maximum atomic E-state index is 13.4. The molecule has 0 aliphatic rings. The number of hydrogen-bond donors (Lipinski definition) is 1. The summed E-state index contributed by atoms with van der Waals surface area (Å²) in [6.45, 7) is 2.85. The first kappa shape index (κ1) is 12.8. The fourth-order valence-corrected chi connectivity index (χ4v) is 1.68. The molecule has 0 spiro atoms. The van der Waals surface area contributed by atoms with Crippen LogP contribution in [0.4, 0.5) is 10.2 Å². The van der Waals surface area contributed by atoms with Gasteiger partial charge in [0.1, 0.15) is 11.5 Å². The third kappa shape index (κ3) is 2.76. The number of aromatic nitrogens is 2. The smallest absolute Gasteiger partial charge is 0.152 e. The maximum absolute atomic E-state index is 13.4. The van der Waals surface area contributed by atoms with Crippen molar-refractivity contribution in [2.24, 2.45) is 0 Å². The molecule has 0 unspecified atom stereocenters. The summed E-state index contributed by atoms with van der Waals surface area (Å²) < 4.78 is 13.4. The van der Waals surface area contributed by atoms with Crippen LogP contribution < -0.4 is 5.32 Å². The van der Waals surface area contributed by atoms with Crippen molar-refractivity contribution in [1.29, 1.82) is 0 Å². The molecular weight excluding hydrogens is 253 g/mol. The molecule has 1 aromatic carbocycles. The summed E-state index contributed by atoms with van der Waals surface area (Å²) in [7, 11) is 0. The maximum Gasteiger partial charge on any atom is 0.152 e. The molecular formula is C13H13ClFN3. The summed E-state index contributed by atoms with van der Waals surface area (Å²) in [5, 5.41) is 3.27. The average Bonchev–Trinajstić information content (AvgIpc) is 2.40. The first-order chi connectivity index (χ1) is 8.72. The second-order valence-electron chi connectivity index (χ2n) is 3.81. The largest absolute Gasteiger partial charge is 0.368 e. The zero-order chi connectivity index (χ0) is 13.0. The first-order valence-electron chi connectivity index (χ1n) is 5.72. The molecule has 0 atom stereocenters. The van der Waals surface area contributed by atoms with Gasteiger partial charge in [0, 0.05) is 24.5 Å². The van der Waals surface area contributed by atoms with Gasteiger partial charge in [-0.3, -0.25) is 4.98 Å². The van der Waals surface area contributed by atoms with E-state index in [9.17, 15) is 4.39 Å². The van der Waals surface area contributed by atoms with Gasteiger partial charge in [0.2, 0.25) is 0 Å². The standard InChI is InChI=1S/C13H13ClFN3/c1-2-5-17-13-12(16-6-7-18-13)9-3-4-10(14)11(15)8-9/h3-4,6-8H,2,5H2,1H3,(H,17,18). The third-order valence-corrected chi connectivity index (χ3v) is 2.74. The number of nitrogens with zero attached hydrogens (tertiary/aromatic N) is 2. The summed E-state index contributed by atoms with van der Waals surface area (Å²) >= 11 is 5.66. The van der Waals surface area contributed by atoms with E-state index in [0.29, 0.717) is 17.1 Å². The minimum Gasteiger partial charge on any atom is -0.368 e. The SMILES string of the molecule is CCCNc1nccnc1-c1ccc(Cl)c(F)c1. The lowest BCUT2D eigenvalue weighted by Gasteiger charge is -2.09. The van der Waals surface area contributed by atoms with E-state index >= 15 is 0 Å². The van der Waals surface area contributed by atoms with E-state index in [1.165, 1.54) is 12.1 Å². The van der Waals surface area contributed by atoms with Gasteiger partial charge in [0.15, 0.2) is 5.82 Å². The van der Waals surface area contributed by atoms with Crippen LogP contribution in [-0.2, 0) is 0 Å². The van der Waals surface area contributed by atoms with Crippen LogP contribution in [0.5, 0.6) is 0 Å². The Balaban J connectivity index is 2.39. The van der Waals surface area contributed by atoms with Crippen molar-refractivity contribution in [3.8, 4) is 11.3 Å². The molecule has 0 amide bonds. The Kier molecular flexibility index (Phi) is 4.10.